The van der Waals surface area contributed by atoms with E-state index in [4.69, 9.17) is 17.3 Å². The summed E-state index contributed by atoms with van der Waals surface area (Å²) in [5, 5.41) is 0.727. The quantitative estimate of drug-likeness (QED) is 0.871. The van der Waals surface area contributed by atoms with Crippen LogP contribution in [0.3, 0.4) is 0 Å². The number of hydrogen-bond acceptors (Lipinski definition) is 4. The van der Waals surface area contributed by atoms with E-state index in [0.29, 0.717) is 26.2 Å². The van der Waals surface area contributed by atoms with Crippen LogP contribution in [0.5, 0.6) is 0 Å². The Hall–Kier alpha value is -1.79. The molecule has 0 bridgehead atoms. The van der Waals surface area contributed by atoms with Crippen LogP contribution < -0.4 is 10.6 Å². The van der Waals surface area contributed by atoms with Crippen molar-refractivity contribution in [1.29, 1.82) is 0 Å². The van der Waals surface area contributed by atoms with E-state index < -0.39 is 0 Å². The summed E-state index contributed by atoms with van der Waals surface area (Å²) in [6.07, 6.45) is 1.75. The molecule has 0 unspecified atom stereocenters. The standard InChI is InChI=1S/C18H25ClN4O2/c19-15-4-1-5-16(11-15)22-7-9-23(10-8-22)17(24)13-21-6-2-3-14(12-21)18(20)25/h1,4-5,11,14H,2-3,6-10,12-13H2,(H2,20,25)/t14-/m1/s1. The maximum absolute atomic E-state index is 12.6. The molecular formula is C18H25ClN4O2. The fourth-order valence-electron chi connectivity index (χ4n) is 3.61. The molecule has 2 aliphatic heterocycles. The lowest BCUT2D eigenvalue weighted by Crippen LogP contribution is -2.52. The predicted molar refractivity (Wildman–Crippen MR) is 98.6 cm³/mol. The zero-order chi connectivity index (χ0) is 17.8. The third kappa shape index (κ3) is 4.64. The van der Waals surface area contributed by atoms with Crippen molar-refractivity contribution in [3.8, 4) is 0 Å². The van der Waals surface area contributed by atoms with Crippen LogP contribution in [0.1, 0.15) is 12.8 Å². The lowest BCUT2D eigenvalue weighted by molar-refractivity contribution is -0.134. The van der Waals surface area contributed by atoms with Crippen LogP contribution >= 0.6 is 11.6 Å². The number of halogens is 1. The Morgan fingerprint density at radius 3 is 2.60 bits per heavy atom. The number of piperidine rings is 1. The molecule has 2 fully saturated rings. The van der Waals surface area contributed by atoms with Crippen LogP contribution in [0.4, 0.5) is 5.69 Å². The smallest absolute Gasteiger partial charge is 0.236 e. The molecule has 1 aromatic carbocycles. The van der Waals surface area contributed by atoms with Gasteiger partial charge in [-0.3, -0.25) is 14.5 Å². The van der Waals surface area contributed by atoms with Gasteiger partial charge in [0, 0.05) is 43.4 Å². The van der Waals surface area contributed by atoms with Gasteiger partial charge in [-0.2, -0.15) is 0 Å². The van der Waals surface area contributed by atoms with E-state index in [9.17, 15) is 9.59 Å². The second-order valence-electron chi connectivity index (χ2n) is 6.82. The normalized spacial score (nSPS) is 22.0. The molecule has 3 rings (SSSR count). The third-order valence-corrected chi connectivity index (χ3v) is 5.31. The summed E-state index contributed by atoms with van der Waals surface area (Å²) in [6.45, 7) is 4.85. The Labute approximate surface area is 153 Å². The monoisotopic (exact) mass is 364 g/mol. The molecule has 1 aromatic rings. The van der Waals surface area contributed by atoms with Gasteiger partial charge in [0.2, 0.25) is 11.8 Å². The highest BCUT2D eigenvalue weighted by Crippen LogP contribution is 2.21. The first-order chi connectivity index (χ1) is 12.0. The molecule has 2 heterocycles. The first kappa shape index (κ1) is 18.0. The Balaban J connectivity index is 1.49. The number of benzene rings is 1. The Morgan fingerprint density at radius 2 is 1.92 bits per heavy atom. The molecule has 2 saturated heterocycles. The number of primary amides is 1. The first-order valence-electron chi connectivity index (χ1n) is 8.83. The molecule has 6 nitrogen and oxygen atoms in total. The summed E-state index contributed by atoms with van der Waals surface area (Å²) in [6, 6.07) is 7.81. The average Bonchev–Trinajstić information content (AvgIpc) is 2.62. The van der Waals surface area contributed by atoms with Crippen molar-refractivity contribution < 1.29 is 9.59 Å². The zero-order valence-electron chi connectivity index (χ0n) is 14.4. The minimum absolute atomic E-state index is 0.124. The van der Waals surface area contributed by atoms with Gasteiger partial charge < -0.3 is 15.5 Å². The highest BCUT2D eigenvalue weighted by atomic mass is 35.5. The van der Waals surface area contributed by atoms with E-state index in [1.165, 1.54) is 0 Å². The minimum atomic E-state index is -0.257. The molecule has 2 aliphatic rings. The van der Waals surface area contributed by atoms with E-state index in [1.54, 1.807) is 0 Å². The van der Waals surface area contributed by atoms with Gasteiger partial charge in [-0.15, -0.1) is 0 Å². The number of nitrogens with two attached hydrogens (primary N) is 1. The Morgan fingerprint density at radius 1 is 1.16 bits per heavy atom. The van der Waals surface area contributed by atoms with Gasteiger partial charge in [0.15, 0.2) is 0 Å². The van der Waals surface area contributed by atoms with Crippen molar-refractivity contribution in [2.24, 2.45) is 11.7 Å². The molecule has 0 aliphatic carbocycles. The number of hydrogen-bond donors (Lipinski definition) is 1. The first-order valence-corrected chi connectivity index (χ1v) is 9.20. The highest BCUT2D eigenvalue weighted by molar-refractivity contribution is 6.30. The fourth-order valence-corrected chi connectivity index (χ4v) is 3.79. The van der Waals surface area contributed by atoms with Gasteiger partial charge in [-0.05, 0) is 37.6 Å². The van der Waals surface area contributed by atoms with Crippen LogP contribution in [0.15, 0.2) is 24.3 Å². The average molecular weight is 365 g/mol. The molecule has 1 atom stereocenters. The molecule has 0 spiro atoms. The van der Waals surface area contributed by atoms with Gasteiger partial charge in [0.1, 0.15) is 0 Å². The molecule has 2 amide bonds. The molecule has 0 saturated carbocycles. The molecule has 136 valence electrons. The lowest BCUT2D eigenvalue weighted by atomic mass is 9.97. The van der Waals surface area contributed by atoms with Crippen LogP contribution in [-0.4, -0.2) is 67.4 Å². The summed E-state index contributed by atoms with van der Waals surface area (Å²) >= 11 is 6.06. The number of rotatable bonds is 4. The topological polar surface area (TPSA) is 69.9 Å². The molecular weight excluding hydrogens is 340 g/mol. The highest BCUT2D eigenvalue weighted by Gasteiger charge is 2.27. The number of anilines is 1. The summed E-state index contributed by atoms with van der Waals surface area (Å²) in [4.78, 5) is 30.2. The van der Waals surface area contributed by atoms with Crippen molar-refractivity contribution in [2.45, 2.75) is 12.8 Å². The second-order valence-corrected chi connectivity index (χ2v) is 7.26. The lowest BCUT2D eigenvalue weighted by Gasteiger charge is -2.38. The van der Waals surface area contributed by atoms with Crippen LogP contribution in [0.25, 0.3) is 0 Å². The SMILES string of the molecule is NC(=O)[C@@H]1CCCN(CC(=O)N2CCN(c3cccc(Cl)c3)CC2)C1. The van der Waals surface area contributed by atoms with Crippen molar-refractivity contribution in [2.75, 3.05) is 50.7 Å². The Bertz CT molecular complexity index is 631. The number of carbonyl (C=O) groups is 2. The zero-order valence-corrected chi connectivity index (χ0v) is 15.1. The van der Waals surface area contributed by atoms with Crippen LogP contribution in [0.2, 0.25) is 5.02 Å². The predicted octanol–water partition coefficient (Wildman–Crippen LogP) is 1.19. The summed E-state index contributed by atoms with van der Waals surface area (Å²) in [7, 11) is 0. The van der Waals surface area contributed by atoms with Gasteiger partial charge in [0.25, 0.3) is 0 Å². The van der Waals surface area contributed by atoms with Gasteiger partial charge >= 0.3 is 0 Å². The number of likely N-dealkylation sites (tertiary alicyclic amines) is 1. The fraction of sp³-hybridized carbons (Fsp3) is 0.556. The number of carbonyl (C=O) groups excluding carboxylic acids is 2. The van der Waals surface area contributed by atoms with Crippen LogP contribution in [-0.2, 0) is 9.59 Å². The molecule has 25 heavy (non-hydrogen) atoms. The van der Waals surface area contributed by atoms with Gasteiger partial charge in [-0.1, -0.05) is 17.7 Å². The maximum Gasteiger partial charge on any atom is 0.236 e. The van der Waals surface area contributed by atoms with Crippen molar-refractivity contribution in [1.82, 2.24) is 9.80 Å². The minimum Gasteiger partial charge on any atom is -0.369 e. The second kappa shape index (κ2) is 8.06. The number of nitrogens with zero attached hydrogens (tertiary/aromatic N) is 3. The van der Waals surface area contributed by atoms with Gasteiger partial charge in [0.05, 0.1) is 12.5 Å². The third-order valence-electron chi connectivity index (χ3n) is 5.07. The molecule has 2 N–H and O–H groups in total. The number of amides is 2. The molecule has 0 radical (unpaired) electrons. The van der Waals surface area contributed by atoms with Crippen molar-refractivity contribution in [3.63, 3.8) is 0 Å². The summed E-state index contributed by atoms with van der Waals surface area (Å²) in [5.41, 5.74) is 6.51. The largest absolute Gasteiger partial charge is 0.369 e. The maximum atomic E-state index is 12.6. The van der Waals surface area contributed by atoms with E-state index in [2.05, 4.69) is 9.80 Å². The van der Waals surface area contributed by atoms with E-state index in [-0.39, 0.29) is 17.7 Å². The summed E-state index contributed by atoms with van der Waals surface area (Å²) < 4.78 is 0. The van der Waals surface area contributed by atoms with Gasteiger partial charge in [-0.25, -0.2) is 0 Å². The van der Waals surface area contributed by atoms with Crippen molar-refractivity contribution in [3.05, 3.63) is 29.3 Å². The Kier molecular flexibility index (Phi) is 5.81. The van der Waals surface area contributed by atoms with E-state index in [1.807, 2.05) is 29.2 Å². The van der Waals surface area contributed by atoms with Crippen molar-refractivity contribution >= 4 is 29.1 Å². The van der Waals surface area contributed by atoms with E-state index in [0.717, 1.165) is 43.2 Å². The molecule has 7 heteroatoms. The molecule has 0 aromatic heterocycles. The van der Waals surface area contributed by atoms with Crippen LogP contribution in [0, 0.1) is 5.92 Å². The van der Waals surface area contributed by atoms with E-state index >= 15 is 0 Å². The number of piperazine rings is 1. The summed E-state index contributed by atoms with van der Waals surface area (Å²) in [5.74, 6) is -0.246.